The first kappa shape index (κ1) is 12.6. The van der Waals surface area contributed by atoms with Crippen LogP contribution in [-0.4, -0.2) is 25.4 Å². The SMILES string of the molecule is COc1ccc(C[NH+]=C(C)[C@H]2CCOC2=O)cc1. The molecule has 0 bridgehead atoms. The highest BCUT2D eigenvalue weighted by atomic mass is 16.5. The second-order valence-electron chi connectivity index (χ2n) is 4.39. The lowest BCUT2D eigenvalue weighted by atomic mass is 10.0. The van der Waals surface area contributed by atoms with E-state index in [0.29, 0.717) is 13.2 Å². The van der Waals surface area contributed by atoms with Crippen molar-refractivity contribution in [3.8, 4) is 5.75 Å². The Morgan fingerprint density at radius 3 is 2.72 bits per heavy atom. The second-order valence-corrected chi connectivity index (χ2v) is 4.39. The lowest BCUT2D eigenvalue weighted by Gasteiger charge is -2.01. The first-order valence-electron chi connectivity index (χ1n) is 6.07. The lowest BCUT2D eigenvalue weighted by molar-refractivity contribution is -0.478. The fourth-order valence-corrected chi connectivity index (χ4v) is 2.00. The molecule has 0 radical (unpaired) electrons. The predicted octanol–water partition coefficient (Wildman–Crippen LogP) is 0.300. The lowest BCUT2D eigenvalue weighted by Crippen LogP contribution is -2.72. The molecule has 0 spiro atoms. The maximum atomic E-state index is 11.4. The molecular formula is C14H18NO3+. The molecule has 0 saturated carbocycles. The standard InChI is InChI=1S/C14H17NO3/c1-10(13-7-8-18-14(13)16)15-9-11-3-5-12(17-2)6-4-11/h3-6,13H,7-9H2,1-2H3/p+1/t13-/m1/s1. The maximum absolute atomic E-state index is 11.4. The summed E-state index contributed by atoms with van der Waals surface area (Å²) in [6.45, 7) is 3.19. The van der Waals surface area contributed by atoms with Crippen LogP contribution in [0.4, 0.5) is 0 Å². The Morgan fingerprint density at radius 2 is 2.17 bits per heavy atom. The molecule has 1 aromatic carbocycles. The van der Waals surface area contributed by atoms with E-state index < -0.39 is 0 Å². The number of carbonyl (C=O) groups is 1. The van der Waals surface area contributed by atoms with Gasteiger partial charge in [-0.05, 0) is 24.3 Å². The Bertz CT molecular complexity index is 451. The van der Waals surface area contributed by atoms with Gasteiger partial charge in [-0.15, -0.1) is 0 Å². The summed E-state index contributed by atoms with van der Waals surface area (Å²) in [5, 5.41) is 0. The van der Waals surface area contributed by atoms with E-state index in [1.54, 1.807) is 7.11 Å². The van der Waals surface area contributed by atoms with Crippen molar-refractivity contribution in [1.29, 1.82) is 0 Å². The van der Waals surface area contributed by atoms with Crippen LogP contribution >= 0.6 is 0 Å². The van der Waals surface area contributed by atoms with Gasteiger partial charge in [-0.1, -0.05) is 0 Å². The smallest absolute Gasteiger partial charge is 0.319 e. The molecule has 96 valence electrons. The summed E-state index contributed by atoms with van der Waals surface area (Å²) in [5.41, 5.74) is 2.13. The van der Waals surface area contributed by atoms with Crippen molar-refractivity contribution < 1.29 is 19.3 Å². The number of benzene rings is 1. The van der Waals surface area contributed by atoms with Crippen LogP contribution in [-0.2, 0) is 16.1 Å². The maximum Gasteiger partial charge on any atom is 0.319 e. The van der Waals surface area contributed by atoms with Crippen LogP contribution < -0.4 is 9.73 Å². The van der Waals surface area contributed by atoms with Gasteiger partial charge in [-0.3, -0.25) is 4.79 Å². The minimum absolute atomic E-state index is 0.0942. The number of nitrogens with one attached hydrogen (secondary N) is 1. The zero-order valence-corrected chi connectivity index (χ0v) is 10.7. The Hall–Kier alpha value is -1.84. The Labute approximate surface area is 107 Å². The second kappa shape index (κ2) is 5.67. The van der Waals surface area contributed by atoms with Crippen molar-refractivity contribution >= 4 is 11.7 Å². The molecule has 0 amide bonds. The van der Waals surface area contributed by atoms with Gasteiger partial charge in [-0.25, -0.2) is 4.99 Å². The molecule has 0 unspecified atom stereocenters. The average Bonchev–Trinajstić information content (AvgIpc) is 2.83. The summed E-state index contributed by atoms with van der Waals surface area (Å²) in [5.74, 6) is 0.636. The van der Waals surface area contributed by atoms with Gasteiger partial charge in [0.15, 0.2) is 12.3 Å². The van der Waals surface area contributed by atoms with Gasteiger partial charge in [0.05, 0.1) is 13.7 Å². The normalized spacial score (nSPS) is 19.8. The summed E-state index contributed by atoms with van der Waals surface area (Å²) in [7, 11) is 1.65. The molecule has 2 rings (SSSR count). The van der Waals surface area contributed by atoms with E-state index >= 15 is 0 Å². The van der Waals surface area contributed by atoms with Crippen molar-refractivity contribution in [3.05, 3.63) is 29.8 Å². The van der Waals surface area contributed by atoms with Crippen LogP contribution in [0.25, 0.3) is 0 Å². The molecule has 1 fully saturated rings. The third-order valence-corrected chi connectivity index (χ3v) is 3.19. The van der Waals surface area contributed by atoms with Crippen LogP contribution in [0.1, 0.15) is 18.9 Å². The molecule has 1 atom stereocenters. The van der Waals surface area contributed by atoms with E-state index in [-0.39, 0.29) is 11.9 Å². The van der Waals surface area contributed by atoms with Gasteiger partial charge in [0.25, 0.3) is 0 Å². The summed E-state index contributed by atoms with van der Waals surface area (Å²) in [4.78, 5) is 14.7. The van der Waals surface area contributed by atoms with Gasteiger partial charge in [0.1, 0.15) is 11.7 Å². The minimum Gasteiger partial charge on any atom is -0.497 e. The first-order valence-corrected chi connectivity index (χ1v) is 6.07. The third kappa shape index (κ3) is 2.88. The predicted molar refractivity (Wildman–Crippen MR) is 67.4 cm³/mol. The molecule has 4 nitrogen and oxygen atoms in total. The summed E-state index contributed by atoms with van der Waals surface area (Å²) in [6, 6.07) is 7.87. The van der Waals surface area contributed by atoms with Crippen molar-refractivity contribution in [2.45, 2.75) is 19.9 Å². The third-order valence-electron chi connectivity index (χ3n) is 3.19. The van der Waals surface area contributed by atoms with Crippen LogP contribution in [0.3, 0.4) is 0 Å². The van der Waals surface area contributed by atoms with Crippen molar-refractivity contribution in [2.24, 2.45) is 5.92 Å². The molecular weight excluding hydrogens is 230 g/mol. The minimum atomic E-state index is -0.116. The van der Waals surface area contributed by atoms with Crippen LogP contribution in [0.15, 0.2) is 24.3 Å². The van der Waals surface area contributed by atoms with Crippen LogP contribution in [0.2, 0.25) is 0 Å². The van der Waals surface area contributed by atoms with Gasteiger partial charge < -0.3 is 9.47 Å². The Balaban J connectivity index is 1.98. The number of hydrogen-bond donors (Lipinski definition) is 1. The number of ether oxygens (including phenoxy) is 2. The van der Waals surface area contributed by atoms with Crippen LogP contribution in [0, 0.1) is 5.92 Å². The molecule has 1 heterocycles. The molecule has 0 aliphatic carbocycles. The van der Waals surface area contributed by atoms with Crippen molar-refractivity contribution in [1.82, 2.24) is 0 Å². The topological polar surface area (TPSA) is 49.5 Å². The fourth-order valence-electron chi connectivity index (χ4n) is 2.00. The molecule has 1 saturated heterocycles. The van der Waals surface area contributed by atoms with Gasteiger partial charge >= 0.3 is 5.97 Å². The Morgan fingerprint density at radius 1 is 1.44 bits per heavy atom. The number of esters is 1. The number of cyclic esters (lactones) is 1. The summed E-state index contributed by atoms with van der Waals surface area (Å²) < 4.78 is 10.1. The van der Waals surface area contributed by atoms with E-state index in [1.807, 2.05) is 31.2 Å². The average molecular weight is 248 g/mol. The highest BCUT2D eigenvalue weighted by Gasteiger charge is 2.32. The molecule has 1 aliphatic heterocycles. The van der Waals surface area contributed by atoms with E-state index in [0.717, 1.165) is 23.4 Å². The highest BCUT2D eigenvalue weighted by Crippen LogP contribution is 2.14. The summed E-state index contributed by atoms with van der Waals surface area (Å²) >= 11 is 0. The Kier molecular flexibility index (Phi) is 3.97. The molecule has 1 aliphatic rings. The van der Waals surface area contributed by atoms with E-state index in [2.05, 4.69) is 4.99 Å². The highest BCUT2D eigenvalue weighted by molar-refractivity contribution is 5.98. The zero-order chi connectivity index (χ0) is 13.0. The number of rotatable bonds is 4. The van der Waals surface area contributed by atoms with Gasteiger partial charge in [0.2, 0.25) is 0 Å². The van der Waals surface area contributed by atoms with Gasteiger partial charge in [-0.2, -0.15) is 0 Å². The molecule has 18 heavy (non-hydrogen) atoms. The molecule has 0 aromatic heterocycles. The van der Waals surface area contributed by atoms with E-state index in [9.17, 15) is 4.79 Å². The molecule has 1 aromatic rings. The summed E-state index contributed by atoms with van der Waals surface area (Å²) in [6.07, 6.45) is 0.778. The number of carbonyl (C=O) groups excluding carboxylic acids is 1. The van der Waals surface area contributed by atoms with Crippen LogP contribution in [0.5, 0.6) is 5.75 Å². The quantitative estimate of drug-likeness (QED) is 0.616. The zero-order valence-electron chi connectivity index (χ0n) is 10.7. The number of hydrogen-bond acceptors (Lipinski definition) is 3. The molecule has 4 heteroatoms. The van der Waals surface area contributed by atoms with Crippen molar-refractivity contribution in [2.75, 3.05) is 13.7 Å². The fraction of sp³-hybridized carbons (Fsp3) is 0.429. The molecule has 1 N–H and O–H groups in total. The van der Waals surface area contributed by atoms with E-state index in [4.69, 9.17) is 9.47 Å². The largest absolute Gasteiger partial charge is 0.497 e. The first-order chi connectivity index (χ1) is 8.70. The van der Waals surface area contributed by atoms with Gasteiger partial charge in [0, 0.05) is 18.9 Å². The van der Waals surface area contributed by atoms with Crippen molar-refractivity contribution in [3.63, 3.8) is 0 Å². The number of methoxy groups -OCH3 is 1. The monoisotopic (exact) mass is 248 g/mol. The van der Waals surface area contributed by atoms with E-state index in [1.165, 1.54) is 0 Å².